The van der Waals surface area contributed by atoms with Gasteiger partial charge in [0.05, 0.1) is 0 Å². The molecule has 0 aromatic rings. The predicted molar refractivity (Wildman–Crippen MR) is 67.4 cm³/mol. The molecule has 1 fully saturated rings. The molecule has 0 saturated carbocycles. The number of ether oxygens (including phenoxy) is 1. The highest BCUT2D eigenvalue weighted by atomic mass is 16.5. The molecule has 0 aromatic heterocycles. The Morgan fingerprint density at radius 2 is 1.89 bits per heavy atom. The topological polar surface area (TPSA) is 83.9 Å². The molecule has 19 heavy (non-hydrogen) atoms. The van der Waals surface area contributed by atoms with E-state index in [2.05, 4.69) is 0 Å². The van der Waals surface area contributed by atoms with E-state index in [-0.39, 0.29) is 37.4 Å². The average Bonchev–Trinajstić information content (AvgIpc) is 2.35. The van der Waals surface area contributed by atoms with Crippen LogP contribution in [-0.2, 0) is 19.1 Å². The van der Waals surface area contributed by atoms with Crippen molar-refractivity contribution in [2.75, 3.05) is 19.8 Å². The molecule has 1 heterocycles. The van der Waals surface area contributed by atoms with Crippen LogP contribution in [0.2, 0.25) is 0 Å². The minimum Gasteiger partial charge on any atom is -0.481 e. The Morgan fingerprint density at radius 3 is 2.42 bits per heavy atom. The highest BCUT2D eigenvalue weighted by molar-refractivity contribution is 5.98. The summed E-state index contributed by atoms with van der Waals surface area (Å²) in [5.41, 5.74) is 0. The van der Waals surface area contributed by atoms with Crippen LogP contribution < -0.4 is 0 Å². The van der Waals surface area contributed by atoms with Crippen LogP contribution in [0, 0.1) is 5.92 Å². The van der Waals surface area contributed by atoms with Gasteiger partial charge in [0.15, 0.2) is 0 Å². The molecule has 108 valence electrons. The monoisotopic (exact) mass is 271 g/mol. The van der Waals surface area contributed by atoms with Crippen LogP contribution in [0.4, 0.5) is 0 Å². The molecule has 1 aliphatic rings. The lowest BCUT2D eigenvalue weighted by Crippen LogP contribution is -2.46. The number of imide groups is 1. The average molecular weight is 271 g/mol. The van der Waals surface area contributed by atoms with Crippen LogP contribution >= 0.6 is 0 Å². The molecule has 1 N–H and O–H groups in total. The Labute approximate surface area is 112 Å². The number of rotatable bonds is 8. The van der Waals surface area contributed by atoms with Gasteiger partial charge in [-0.25, -0.2) is 0 Å². The molecule has 0 radical (unpaired) electrons. The largest absolute Gasteiger partial charge is 0.481 e. The summed E-state index contributed by atoms with van der Waals surface area (Å²) in [6.45, 7) is 2.32. The number of aliphatic carboxylic acids is 1. The van der Waals surface area contributed by atoms with Crippen LogP contribution in [0.5, 0.6) is 0 Å². The van der Waals surface area contributed by atoms with E-state index in [1.165, 1.54) is 4.90 Å². The van der Waals surface area contributed by atoms with Crippen molar-refractivity contribution in [2.45, 2.75) is 39.0 Å². The summed E-state index contributed by atoms with van der Waals surface area (Å²) in [5.74, 6) is -1.17. The lowest BCUT2D eigenvalue weighted by atomic mass is 9.94. The van der Waals surface area contributed by atoms with Crippen molar-refractivity contribution in [3.05, 3.63) is 0 Å². The van der Waals surface area contributed by atoms with Crippen molar-refractivity contribution in [2.24, 2.45) is 5.92 Å². The van der Waals surface area contributed by atoms with Gasteiger partial charge in [0.2, 0.25) is 0 Å². The quantitative estimate of drug-likeness (QED) is 0.667. The maximum absolute atomic E-state index is 11.5. The molecule has 2 amide bonds. The fourth-order valence-electron chi connectivity index (χ4n) is 2.25. The Morgan fingerprint density at radius 1 is 1.26 bits per heavy atom. The molecule has 1 rings (SSSR count). The molecule has 0 bridgehead atoms. The maximum atomic E-state index is 11.5. The van der Waals surface area contributed by atoms with E-state index in [1.807, 2.05) is 6.92 Å². The first-order valence-corrected chi connectivity index (χ1v) is 6.67. The second kappa shape index (κ2) is 7.89. The van der Waals surface area contributed by atoms with Crippen molar-refractivity contribution in [3.8, 4) is 0 Å². The van der Waals surface area contributed by atoms with E-state index in [0.717, 1.165) is 12.8 Å². The molecule has 1 saturated heterocycles. The minimum absolute atomic E-state index is 0.0424. The molecule has 6 heteroatoms. The summed E-state index contributed by atoms with van der Waals surface area (Å²) >= 11 is 0. The number of carboxylic acid groups (broad SMARTS) is 1. The molecule has 0 spiro atoms. The van der Waals surface area contributed by atoms with E-state index < -0.39 is 5.97 Å². The molecular weight excluding hydrogens is 250 g/mol. The van der Waals surface area contributed by atoms with Gasteiger partial charge >= 0.3 is 5.97 Å². The number of hydrogen-bond donors (Lipinski definition) is 1. The summed E-state index contributed by atoms with van der Waals surface area (Å²) in [6.07, 6.45) is 3.28. The standard InChI is InChI=1S/C13H21NO5/c1-2-3-10(4-5-13(17)18)6-7-14-11(15)8-19-9-12(14)16/h10H,2-9H2,1H3,(H,17,18). The SMILES string of the molecule is CCCC(CCC(=O)O)CCN1C(=O)COCC1=O. The third-order valence-electron chi connectivity index (χ3n) is 3.28. The molecular formula is C13H21NO5. The third kappa shape index (κ3) is 5.38. The second-order valence-electron chi connectivity index (χ2n) is 4.81. The number of carbonyl (C=O) groups is 3. The lowest BCUT2D eigenvalue weighted by Gasteiger charge is -2.26. The fourth-order valence-corrected chi connectivity index (χ4v) is 2.25. The smallest absolute Gasteiger partial charge is 0.303 e. The number of amides is 2. The van der Waals surface area contributed by atoms with Gasteiger partial charge in [0.25, 0.3) is 11.8 Å². The van der Waals surface area contributed by atoms with Crippen molar-refractivity contribution in [1.82, 2.24) is 4.90 Å². The first kappa shape index (κ1) is 15.6. The number of nitrogens with zero attached hydrogens (tertiary/aromatic N) is 1. The molecule has 1 aliphatic heterocycles. The number of hydrogen-bond acceptors (Lipinski definition) is 4. The predicted octanol–water partition coefficient (Wildman–Crippen LogP) is 1.04. The molecule has 6 nitrogen and oxygen atoms in total. The van der Waals surface area contributed by atoms with E-state index in [0.29, 0.717) is 19.4 Å². The van der Waals surface area contributed by atoms with Gasteiger partial charge in [0, 0.05) is 13.0 Å². The van der Waals surface area contributed by atoms with E-state index in [9.17, 15) is 14.4 Å². The van der Waals surface area contributed by atoms with Crippen LogP contribution in [0.25, 0.3) is 0 Å². The zero-order valence-corrected chi connectivity index (χ0v) is 11.3. The second-order valence-corrected chi connectivity index (χ2v) is 4.81. The zero-order valence-electron chi connectivity index (χ0n) is 11.3. The first-order chi connectivity index (χ1) is 9.04. The molecule has 0 aliphatic carbocycles. The Balaban J connectivity index is 2.43. The van der Waals surface area contributed by atoms with Crippen LogP contribution in [0.3, 0.4) is 0 Å². The first-order valence-electron chi connectivity index (χ1n) is 6.67. The summed E-state index contributed by atoms with van der Waals surface area (Å²) in [7, 11) is 0. The third-order valence-corrected chi connectivity index (χ3v) is 3.28. The Bertz CT molecular complexity index is 326. The van der Waals surface area contributed by atoms with Crippen molar-refractivity contribution in [3.63, 3.8) is 0 Å². The minimum atomic E-state index is -0.806. The normalized spacial score (nSPS) is 17.6. The van der Waals surface area contributed by atoms with Crippen LogP contribution in [0.1, 0.15) is 39.0 Å². The van der Waals surface area contributed by atoms with Gasteiger partial charge in [-0.15, -0.1) is 0 Å². The molecule has 1 atom stereocenters. The number of carbonyl (C=O) groups excluding carboxylic acids is 2. The van der Waals surface area contributed by atoms with Crippen LogP contribution in [0.15, 0.2) is 0 Å². The van der Waals surface area contributed by atoms with Gasteiger partial charge in [-0.2, -0.15) is 0 Å². The Kier molecular flexibility index (Phi) is 6.49. The van der Waals surface area contributed by atoms with Gasteiger partial charge in [-0.3, -0.25) is 19.3 Å². The number of morpholine rings is 1. The lowest BCUT2D eigenvalue weighted by molar-refractivity contribution is -0.158. The highest BCUT2D eigenvalue weighted by Gasteiger charge is 2.26. The van der Waals surface area contributed by atoms with Gasteiger partial charge in [-0.05, 0) is 18.8 Å². The van der Waals surface area contributed by atoms with Gasteiger partial charge < -0.3 is 9.84 Å². The van der Waals surface area contributed by atoms with E-state index in [1.54, 1.807) is 0 Å². The van der Waals surface area contributed by atoms with E-state index >= 15 is 0 Å². The van der Waals surface area contributed by atoms with Crippen molar-refractivity contribution in [1.29, 1.82) is 0 Å². The maximum Gasteiger partial charge on any atom is 0.303 e. The van der Waals surface area contributed by atoms with Gasteiger partial charge in [0.1, 0.15) is 13.2 Å². The Hall–Kier alpha value is -1.43. The summed E-state index contributed by atoms with van der Waals surface area (Å²) in [4.78, 5) is 34.9. The van der Waals surface area contributed by atoms with Crippen molar-refractivity contribution >= 4 is 17.8 Å². The fraction of sp³-hybridized carbons (Fsp3) is 0.769. The summed E-state index contributed by atoms with van der Waals surface area (Å²) in [6, 6.07) is 0. The summed E-state index contributed by atoms with van der Waals surface area (Å²) < 4.78 is 4.84. The van der Waals surface area contributed by atoms with Gasteiger partial charge in [-0.1, -0.05) is 19.8 Å². The highest BCUT2D eigenvalue weighted by Crippen LogP contribution is 2.19. The van der Waals surface area contributed by atoms with Crippen molar-refractivity contribution < 1.29 is 24.2 Å². The summed E-state index contributed by atoms with van der Waals surface area (Å²) in [5, 5.41) is 8.70. The zero-order chi connectivity index (χ0) is 14.3. The number of carboxylic acids is 1. The molecule has 1 unspecified atom stereocenters. The van der Waals surface area contributed by atoms with Crippen LogP contribution in [-0.4, -0.2) is 47.5 Å². The molecule has 0 aromatic carbocycles. The van der Waals surface area contributed by atoms with E-state index in [4.69, 9.17) is 9.84 Å².